The number of hydrogen-bond acceptors (Lipinski definition) is 6. The Kier molecular flexibility index (Phi) is 4.62. The van der Waals surface area contributed by atoms with Crippen LogP contribution in [0.15, 0.2) is 30.6 Å². The van der Waals surface area contributed by atoms with E-state index in [9.17, 15) is 4.39 Å². The molecule has 29 heavy (non-hydrogen) atoms. The van der Waals surface area contributed by atoms with Crippen LogP contribution in [-0.4, -0.2) is 39.0 Å². The molecule has 0 aliphatic heterocycles. The van der Waals surface area contributed by atoms with E-state index in [2.05, 4.69) is 20.1 Å². The largest absolute Gasteiger partial charge is 0.493 e. The number of nitrogens with zero attached hydrogens (tertiary/aromatic N) is 5. The molecule has 1 aromatic carbocycles. The Morgan fingerprint density at radius 2 is 1.62 bits per heavy atom. The molecule has 0 radical (unpaired) electrons. The maximum Gasteiger partial charge on any atom is 0.182 e. The summed E-state index contributed by atoms with van der Waals surface area (Å²) in [6.07, 6.45) is 3.40. The second kappa shape index (κ2) is 7.12. The molecule has 0 saturated carbocycles. The van der Waals surface area contributed by atoms with E-state index in [0.29, 0.717) is 28.5 Å². The predicted octanol–water partition coefficient (Wildman–Crippen LogP) is 3.87. The molecule has 0 fully saturated rings. The van der Waals surface area contributed by atoms with Crippen LogP contribution in [0.3, 0.4) is 0 Å². The van der Waals surface area contributed by atoms with Gasteiger partial charge in [0, 0.05) is 36.1 Å². The van der Waals surface area contributed by atoms with Crippen molar-refractivity contribution in [1.82, 2.24) is 24.7 Å². The quantitative estimate of drug-likeness (QED) is 0.524. The molecule has 7 nitrogen and oxygen atoms in total. The molecule has 0 amide bonds. The van der Waals surface area contributed by atoms with Gasteiger partial charge in [-0.1, -0.05) is 0 Å². The summed E-state index contributed by atoms with van der Waals surface area (Å²) >= 11 is 0. The van der Waals surface area contributed by atoms with Crippen LogP contribution in [0.5, 0.6) is 11.5 Å². The molecule has 0 aliphatic carbocycles. The maximum absolute atomic E-state index is 14.9. The second-order valence-corrected chi connectivity index (χ2v) is 6.69. The lowest BCUT2D eigenvalue weighted by Crippen LogP contribution is -1.97. The van der Waals surface area contributed by atoms with Crippen LogP contribution < -0.4 is 9.47 Å². The molecule has 3 aromatic heterocycles. The number of aromatic nitrogens is 5. The first kappa shape index (κ1) is 18.8. The van der Waals surface area contributed by atoms with Crippen LogP contribution in [0.1, 0.15) is 11.4 Å². The van der Waals surface area contributed by atoms with E-state index in [1.807, 2.05) is 20.9 Å². The van der Waals surface area contributed by atoms with Crippen LogP contribution in [0, 0.1) is 19.7 Å². The fourth-order valence-electron chi connectivity index (χ4n) is 3.26. The Morgan fingerprint density at radius 3 is 2.28 bits per heavy atom. The van der Waals surface area contributed by atoms with E-state index >= 15 is 0 Å². The number of methoxy groups -OCH3 is 2. The third-order valence-corrected chi connectivity index (χ3v) is 4.90. The van der Waals surface area contributed by atoms with Gasteiger partial charge >= 0.3 is 0 Å². The smallest absolute Gasteiger partial charge is 0.182 e. The van der Waals surface area contributed by atoms with Gasteiger partial charge in [-0.05, 0) is 26.0 Å². The lowest BCUT2D eigenvalue weighted by molar-refractivity contribution is 0.352. The van der Waals surface area contributed by atoms with Gasteiger partial charge in [0.1, 0.15) is 5.82 Å². The molecule has 148 valence electrons. The zero-order valence-corrected chi connectivity index (χ0v) is 16.8. The summed E-state index contributed by atoms with van der Waals surface area (Å²) in [5.74, 6) is 0.260. The number of hydrogen-bond donors (Lipinski definition) is 0. The van der Waals surface area contributed by atoms with Gasteiger partial charge in [-0.3, -0.25) is 14.6 Å². The Bertz CT molecular complexity index is 1220. The van der Waals surface area contributed by atoms with Crippen LogP contribution in [-0.2, 0) is 7.05 Å². The first-order valence-corrected chi connectivity index (χ1v) is 8.98. The van der Waals surface area contributed by atoms with E-state index in [4.69, 9.17) is 9.47 Å². The van der Waals surface area contributed by atoms with Gasteiger partial charge in [-0.15, -0.1) is 0 Å². The number of rotatable bonds is 4. The minimum atomic E-state index is -0.469. The fourth-order valence-corrected chi connectivity index (χ4v) is 3.26. The molecule has 0 N–H and O–H groups in total. The number of fused-ring (bicyclic) bond motifs is 1. The van der Waals surface area contributed by atoms with Crippen molar-refractivity contribution in [3.05, 3.63) is 47.8 Å². The van der Waals surface area contributed by atoms with Crippen molar-refractivity contribution >= 4 is 11.0 Å². The molecule has 0 saturated heterocycles. The van der Waals surface area contributed by atoms with E-state index in [1.54, 1.807) is 29.2 Å². The molecular formula is C21H20FN5O2. The molecule has 0 bridgehead atoms. The summed E-state index contributed by atoms with van der Waals surface area (Å²) < 4.78 is 27.1. The van der Waals surface area contributed by atoms with Crippen LogP contribution in [0.4, 0.5) is 4.39 Å². The van der Waals surface area contributed by atoms with Crippen LogP contribution in [0.25, 0.3) is 33.5 Å². The van der Waals surface area contributed by atoms with Gasteiger partial charge in [-0.25, -0.2) is 9.37 Å². The average molecular weight is 393 g/mol. The summed E-state index contributed by atoms with van der Waals surface area (Å²) in [5, 5.41) is 5.34. The van der Waals surface area contributed by atoms with Crippen molar-refractivity contribution in [1.29, 1.82) is 0 Å². The van der Waals surface area contributed by atoms with E-state index in [0.717, 1.165) is 22.3 Å². The van der Waals surface area contributed by atoms with Crippen LogP contribution >= 0.6 is 0 Å². The first-order chi connectivity index (χ1) is 13.9. The Morgan fingerprint density at radius 1 is 0.897 bits per heavy atom. The zero-order valence-electron chi connectivity index (χ0n) is 16.8. The molecule has 0 spiro atoms. The van der Waals surface area contributed by atoms with Gasteiger partial charge in [0.2, 0.25) is 0 Å². The third-order valence-electron chi connectivity index (χ3n) is 4.90. The molecule has 0 unspecified atom stereocenters. The molecule has 0 aliphatic rings. The number of ether oxygens (including phenoxy) is 2. The minimum Gasteiger partial charge on any atom is -0.493 e. The first-order valence-electron chi connectivity index (χ1n) is 8.98. The van der Waals surface area contributed by atoms with Gasteiger partial charge in [0.25, 0.3) is 0 Å². The monoisotopic (exact) mass is 393 g/mol. The Labute approximate surface area is 167 Å². The lowest BCUT2D eigenvalue weighted by atomic mass is 10.0. The highest BCUT2D eigenvalue weighted by atomic mass is 19.1. The van der Waals surface area contributed by atoms with Crippen LogP contribution in [0.2, 0.25) is 0 Å². The van der Waals surface area contributed by atoms with Gasteiger partial charge in [0.15, 0.2) is 17.1 Å². The normalized spacial score (nSPS) is 11.1. The van der Waals surface area contributed by atoms with E-state index in [-0.39, 0.29) is 5.56 Å². The van der Waals surface area contributed by atoms with E-state index < -0.39 is 5.82 Å². The highest BCUT2D eigenvalue weighted by Crippen LogP contribution is 2.37. The van der Waals surface area contributed by atoms with Crippen molar-refractivity contribution in [3.63, 3.8) is 0 Å². The number of pyridine rings is 1. The molecule has 4 rings (SSSR count). The third kappa shape index (κ3) is 3.16. The Hall–Kier alpha value is -3.55. The molecule has 3 heterocycles. The molecular weight excluding hydrogens is 373 g/mol. The van der Waals surface area contributed by atoms with Gasteiger partial charge in [-0.2, -0.15) is 5.10 Å². The summed E-state index contributed by atoms with van der Waals surface area (Å²) in [7, 11) is 4.82. The molecule has 0 atom stereocenters. The maximum atomic E-state index is 14.9. The summed E-state index contributed by atoms with van der Waals surface area (Å²) in [5.41, 5.74) is 4.42. The number of halogens is 1. The van der Waals surface area contributed by atoms with Crippen molar-refractivity contribution in [3.8, 4) is 34.0 Å². The molecule has 8 heteroatoms. The summed E-state index contributed by atoms with van der Waals surface area (Å²) in [6.45, 7) is 3.83. The number of benzene rings is 1. The van der Waals surface area contributed by atoms with Crippen molar-refractivity contribution in [2.24, 2.45) is 7.05 Å². The SMILES string of the molecule is COc1cc(F)c(-c2cc(-c3cnc(C)cn3)c3c(C)n(C)nc3n2)cc1OC. The Balaban J connectivity index is 2.01. The zero-order chi connectivity index (χ0) is 20.7. The predicted molar refractivity (Wildman–Crippen MR) is 108 cm³/mol. The van der Waals surface area contributed by atoms with Crippen molar-refractivity contribution in [2.75, 3.05) is 14.2 Å². The van der Waals surface area contributed by atoms with Gasteiger partial charge in [0.05, 0.1) is 42.9 Å². The van der Waals surface area contributed by atoms with Gasteiger partial charge < -0.3 is 9.47 Å². The second-order valence-electron chi connectivity index (χ2n) is 6.69. The topological polar surface area (TPSA) is 75.0 Å². The summed E-state index contributed by atoms with van der Waals surface area (Å²) in [4.78, 5) is 13.5. The van der Waals surface area contributed by atoms with E-state index in [1.165, 1.54) is 20.3 Å². The number of aryl methyl sites for hydroxylation is 3. The fraction of sp³-hybridized carbons (Fsp3) is 0.238. The molecule has 4 aromatic rings. The average Bonchev–Trinajstić information content (AvgIpc) is 3.01. The standard InChI is InChI=1S/C21H20FN5O2/c1-11-9-24-17(10-23-11)14-6-16(25-21-20(14)12(2)27(3)26-21)13-7-18(28-4)19(29-5)8-15(13)22/h6-10H,1-5H3. The minimum absolute atomic E-state index is 0.286. The van der Waals surface area contributed by atoms with Crippen molar-refractivity contribution in [2.45, 2.75) is 13.8 Å². The lowest BCUT2D eigenvalue weighted by Gasteiger charge is -2.12. The summed E-state index contributed by atoms with van der Waals surface area (Å²) in [6, 6.07) is 4.67. The highest BCUT2D eigenvalue weighted by Gasteiger charge is 2.20. The highest BCUT2D eigenvalue weighted by molar-refractivity contribution is 5.96. The van der Waals surface area contributed by atoms with Crippen molar-refractivity contribution < 1.29 is 13.9 Å².